The molecule has 6 heteroatoms. The van der Waals surface area contributed by atoms with Crippen LogP contribution in [-0.2, 0) is 0 Å². The number of hydrogen-bond acceptors (Lipinski definition) is 3. The Kier molecular flexibility index (Phi) is 4.99. The van der Waals surface area contributed by atoms with E-state index in [1.807, 2.05) is 12.1 Å². The molecule has 1 aromatic heterocycles. The summed E-state index contributed by atoms with van der Waals surface area (Å²) < 4.78 is 37.6. The molecule has 0 saturated heterocycles. The Balaban J connectivity index is 1.90. The van der Waals surface area contributed by atoms with Crippen LogP contribution in [0.1, 0.15) is 0 Å². The highest BCUT2D eigenvalue weighted by molar-refractivity contribution is 5.82. The maximum absolute atomic E-state index is 13.4. The van der Waals surface area contributed by atoms with Gasteiger partial charge >= 0.3 is 0 Å². The second-order valence-electron chi connectivity index (χ2n) is 6.39. The second-order valence-corrected chi connectivity index (χ2v) is 6.39. The van der Waals surface area contributed by atoms with E-state index in [2.05, 4.69) is 4.98 Å². The molecule has 0 aliphatic carbocycles. The number of ether oxygens (including phenoxy) is 2. The van der Waals surface area contributed by atoms with Crippen LogP contribution in [0.4, 0.5) is 8.78 Å². The molecule has 29 heavy (non-hydrogen) atoms. The summed E-state index contributed by atoms with van der Waals surface area (Å²) in [6.07, 6.45) is 0. The first-order chi connectivity index (χ1) is 14.1. The van der Waals surface area contributed by atoms with Crippen molar-refractivity contribution >= 4 is 0 Å². The Labute approximate surface area is 166 Å². The quantitative estimate of drug-likeness (QED) is 0.473. The van der Waals surface area contributed by atoms with Gasteiger partial charge in [-0.1, -0.05) is 0 Å². The Bertz CT molecular complexity index is 1070. The first kappa shape index (κ1) is 18.7. The third kappa shape index (κ3) is 3.69. The minimum atomic E-state index is -0.329. The molecule has 0 aliphatic heterocycles. The molecule has 4 rings (SSSR count). The minimum Gasteiger partial charge on any atom is -0.497 e. The fraction of sp³-hybridized carbons (Fsp3) is 0.0870. The molecule has 0 atom stereocenters. The third-order valence-electron chi connectivity index (χ3n) is 4.62. The van der Waals surface area contributed by atoms with E-state index in [0.29, 0.717) is 28.7 Å². The van der Waals surface area contributed by atoms with E-state index < -0.39 is 0 Å². The molecular formula is C23H18F2N2O2. The average molecular weight is 392 g/mol. The largest absolute Gasteiger partial charge is 0.497 e. The summed E-state index contributed by atoms with van der Waals surface area (Å²) in [7, 11) is 3.16. The van der Waals surface area contributed by atoms with Crippen LogP contribution in [0, 0.1) is 11.6 Å². The van der Waals surface area contributed by atoms with Crippen LogP contribution in [0.3, 0.4) is 0 Å². The lowest BCUT2D eigenvalue weighted by atomic mass is 10.1. The van der Waals surface area contributed by atoms with Crippen LogP contribution in [-0.4, -0.2) is 24.2 Å². The molecule has 0 amide bonds. The molecule has 0 radical (unpaired) electrons. The van der Waals surface area contributed by atoms with Gasteiger partial charge in [0.05, 0.1) is 31.2 Å². The Morgan fingerprint density at radius 2 is 1.38 bits per heavy atom. The molecule has 0 saturated carbocycles. The first-order valence-corrected chi connectivity index (χ1v) is 8.93. The van der Waals surface area contributed by atoms with Crippen molar-refractivity contribution in [3.63, 3.8) is 0 Å². The number of imidazole rings is 1. The summed E-state index contributed by atoms with van der Waals surface area (Å²) in [5, 5.41) is 0. The fourth-order valence-electron chi connectivity index (χ4n) is 3.14. The molecule has 0 unspecified atom stereocenters. The molecule has 0 fully saturated rings. The number of nitrogens with one attached hydrogen (secondary N) is 1. The SMILES string of the molecule is COc1ccc(-c2nc(-c3ccc(F)cc3)c(-c3ccc(F)cc3)[nH]2)c(OC)c1. The Morgan fingerprint density at radius 3 is 1.97 bits per heavy atom. The second kappa shape index (κ2) is 7.75. The van der Waals surface area contributed by atoms with E-state index in [0.717, 1.165) is 16.7 Å². The summed E-state index contributed by atoms with van der Waals surface area (Å²) in [5.74, 6) is 1.17. The lowest BCUT2D eigenvalue weighted by Crippen LogP contribution is -1.91. The normalized spacial score (nSPS) is 10.8. The topological polar surface area (TPSA) is 47.1 Å². The number of H-pyrrole nitrogens is 1. The van der Waals surface area contributed by atoms with E-state index in [1.54, 1.807) is 44.6 Å². The number of rotatable bonds is 5. The van der Waals surface area contributed by atoms with E-state index in [-0.39, 0.29) is 11.6 Å². The van der Waals surface area contributed by atoms with Crippen LogP contribution < -0.4 is 9.47 Å². The highest BCUT2D eigenvalue weighted by Gasteiger charge is 2.18. The van der Waals surface area contributed by atoms with Crippen LogP contribution in [0.25, 0.3) is 33.9 Å². The summed E-state index contributed by atoms with van der Waals surface area (Å²) in [5.41, 5.74) is 3.57. The standard InChI is InChI=1S/C23H18F2N2O2/c1-28-18-11-12-19(20(13-18)29-2)23-26-21(14-3-7-16(24)8-4-14)22(27-23)15-5-9-17(25)10-6-15/h3-13H,1-2H3,(H,26,27). The molecular weight excluding hydrogens is 374 g/mol. The van der Waals surface area contributed by atoms with Gasteiger partial charge in [0.2, 0.25) is 0 Å². The van der Waals surface area contributed by atoms with Crippen LogP contribution in [0.2, 0.25) is 0 Å². The number of nitrogens with zero attached hydrogens (tertiary/aromatic N) is 1. The zero-order valence-corrected chi connectivity index (χ0v) is 15.9. The van der Waals surface area contributed by atoms with Gasteiger partial charge < -0.3 is 14.5 Å². The van der Waals surface area contributed by atoms with Gasteiger partial charge in [-0.3, -0.25) is 0 Å². The van der Waals surface area contributed by atoms with E-state index in [4.69, 9.17) is 14.5 Å². The van der Waals surface area contributed by atoms with E-state index in [1.165, 1.54) is 24.3 Å². The Morgan fingerprint density at radius 1 is 0.759 bits per heavy atom. The smallest absolute Gasteiger partial charge is 0.142 e. The molecule has 4 nitrogen and oxygen atoms in total. The van der Waals surface area contributed by atoms with Gasteiger partial charge in [-0.05, 0) is 60.7 Å². The van der Waals surface area contributed by atoms with Gasteiger partial charge in [0.25, 0.3) is 0 Å². The molecule has 0 spiro atoms. The van der Waals surface area contributed by atoms with Crippen molar-refractivity contribution in [1.82, 2.24) is 9.97 Å². The predicted molar refractivity (Wildman–Crippen MR) is 108 cm³/mol. The number of aromatic nitrogens is 2. The summed E-state index contributed by atoms with van der Waals surface area (Å²) in [6.45, 7) is 0. The van der Waals surface area contributed by atoms with Crippen molar-refractivity contribution in [1.29, 1.82) is 0 Å². The minimum absolute atomic E-state index is 0.325. The van der Waals surface area contributed by atoms with Crippen LogP contribution >= 0.6 is 0 Å². The maximum atomic E-state index is 13.4. The summed E-state index contributed by atoms with van der Waals surface area (Å²) in [6, 6.07) is 17.6. The van der Waals surface area contributed by atoms with Crippen molar-refractivity contribution in [3.8, 4) is 45.4 Å². The van der Waals surface area contributed by atoms with Gasteiger partial charge in [-0.2, -0.15) is 0 Å². The number of methoxy groups -OCH3 is 2. The molecule has 0 aliphatic rings. The molecule has 3 aromatic carbocycles. The van der Waals surface area contributed by atoms with Gasteiger partial charge in [-0.25, -0.2) is 13.8 Å². The molecule has 1 N–H and O–H groups in total. The Hall–Kier alpha value is -3.67. The fourth-order valence-corrected chi connectivity index (χ4v) is 3.14. The lowest BCUT2D eigenvalue weighted by Gasteiger charge is -2.08. The molecule has 0 bridgehead atoms. The van der Waals surface area contributed by atoms with E-state index in [9.17, 15) is 8.78 Å². The average Bonchev–Trinajstić information content (AvgIpc) is 3.19. The predicted octanol–water partition coefficient (Wildman–Crippen LogP) is 5.71. The molecule has 1 heterocycles. The number of halogens is 2. The van der Waals surface area contributed by atoms with Crippen molar-refractivity contribution in [2.45, 2.75) is 0 Å². The number of hydrogen-bond donors (Lipinski definition) is 1. The number of benzene rings is 3. The van der Waals surface area contributed by atoms with Gasteiger partial charge in [0, 0.05) is 17.2 Å². The monoisotopic (exact) mass is 392 g/mol. The van der Waals surface area contributed by atoms with Crippen LogP contribution in [0.5, 0.6) is 11.5 Å². The third-order valence-corrected chi connectivity index (χ3v) is 4.62. The number of aromatic amines is 1. The van der Waals surface area contributed by atoms with Crippen molar-refractivity contribution in [3.05, 3.63) is 78.4 Å². The van der Waals surface area contributed by atoms with Crippen molar-refractivity contribution < 1.29 is 18.3 Å². The summed E-state index contributed by atoms with van der Waals surface area (Å²) >= 11 is 0. The van der Waals surface area contributed by atoms with Gasteiger partial charge in [0.15, 0.2) is 0 Å². The van der Waals surface area contributed by atoms with E-state index >= 15 is 0 Å². The molecule has 4 aromatic rings. The zero-order valence-electron chi connectivity index (χ0n) is 15.9. The lowest BCUT2D eigenvalue weighted by molar-refractivity contribution is 0.395. The maximum Gasteiger partial charge on any atom is 0.142 e. The summed E-state index contributed by atoms with van der Waals surface area (Å²) in [4.78, 5) is 8.06. The highest BCUT2D eigenvalue weighted by atomic mass is 19.1. The first-order valence-electron chi connectivity index (χ1n) is 8.93. The van der Waals surface area contributed by atoms with Crippen molar-refractivity contribution in [2.24, 2.45) is 0 Å². The van der Waals surface area contributed by atoms with Crippen molar-refractivity contribution in [2.75, 3.05) is 14.2 Å². The van der Waals surface area contributed by atoms with Gasteiger partial charge in [0.1, 0.15) is 29.0 Å². The highest BCUT2D eigenvalue weighted by Crippen LogP contribution is 2.37. The van der Waals surface area contributed by atoms with Gasteiger partial charge in [-0.15, -0.1) is 0 Å². The van der Waals surface area contributed by atoms with Crippen LogP contribution in [0.15, 0.2) is 66.7 Å². The zero-order chi connectivity index (χ0) is 20.4. The molecule has 146 valence electrons.